The number of aliphatic hydroxyl groups excluding tert-OH is 1. The Morgan fingerprint density at radius 1 is 1.38 bits per heavy atom. The van der Waals surface area contributed by atoms with Gasteiger partial charge in [-0.25, -0.2) is 4.98 Å². The van der Waals surface area contributed by atoms with Crippen molar-refractivity contribution in [2.75, 3.05) is 31.1 Å². The molecule has 2 N–H and O–H groups in total. The van der Waals surface area contributed by atoms with Crippen LogP contribution >= 0.6 is 0 Å². The number of nitrogens with one attached hydrogen (secondary N) is 1. The molecule has 1 aliphatic rings. The number of pyridine rings is 1. The van der Waals surface area contributed by atoms with Gasteiger partial charge in [0.1, 0.15) is 11.4 Å². The highest BCUT2D eigenvalue weighted by Gasteiger charge is 2.10. The number of hydrogen-bond donors (Lipinski definition) is 2. The van der Waals surface area contributed by atoms with Crippen molar-refractivity contribution in [1.82, 2.24) is 10.3 Å². The lowest BCUT2D eigenvalue weighted by molar-refractivity contribution is -0.138. The Bertz CT molecular complexity index is 409. The maximum absolute atomic E-state index is 9.60. The fourth-order valence-electron chi connectivity index (χ4n) is 1.74. The second-order valence-corrected chi connectivity index (χ2v) is 5.75. The second kappa shape index (κ2) is 8.59. The van der Waals surface area contributed by atoms with E-state index in [0.29, 0.717) is 6.47 Å². The first-order valence-electron chi connectivity index (χ1n) is 7.09. The number of anilines is 1. The smallest absolute Gasteiger partial charge is 0.293 e. The van der Waals surface area contributed by atoms with E-state index >= 15 is 0 Å². The van der Waals surface area contributed by atoms with Gasteiger partial charge >= 0.3 is 0 Å². The van der Waals surface area contributed by atoms with Crippen molar-refractivity contribution < 1.29 is 14.6 Å². The van der Waals surface area contributed by atoms with Crippen LogP contribution in [-0.4, -0.2) is 48.3 Å². The Morgan fingerprint density at radius 2 is 2.05 bits per heavy atom. The molecule has 0 amide bonds. The third-order valence-electron chi connectivity index (χ3n) is 2.83. The van der Waals surface area contributed by atoms with Crippen LogP contribution in [0.4, 0.5) is 5.82 Å². The molecule has 21 heavy (non-hydrogen) atoms. The maximum Gasteiger partial charge on any atom is 0.293 e. The quantitative estimate of drug-likeness (QED) is 0.809. The molecule has 2 rings (SSSR count). The molecule has 1 saturated heterocycles. The molecule has 6 heteroatoms. The molecule has 1 fully saturated rings. The van der Waals surface area contributed by atoms with Gasteiger partial charge in [-0.05, 0) is 32.4 Å². The molecule has 0 aliphatic carbocycles. The van der Waals surface area contributed by atoms with E-state index in [0.717, 1.165) is 37.6 Å². The lowest BCUT2D eigenvalue weighted by Crippen LogP contribution is -2.43. The highest BCUT2D eigenvalue weighted by Crippen LogP contribution is 2.11. The van der Waals surface area contributed by atoms with Crippen LogP contribution in [0.25, 0.3) is 0 Å². The minimum Gasteiger partial charge on any atom is -0.462 e. The zero-order valence-electron chi connectivity index (χ0n) is 13.0. The molecule has 118 valence electrons. The van der Waals surface area contributed by atoms with E-state index in [-0.39, 0.29) is 12.2 Å². The van der Waals surface area contributed by atoms with E-state index in [1.807, 2.05) is 32.9 Å². The van der Waals surface area contributed by atoms with Crippen LogP contribution in [0.2, 0.25) is 0 Å². The summed E-state index contributed by atoms with van der Waals surface area (Å²) < 4.78 is 4.55. The number of rotatable bonds is 3. The molecular formula is C15H25N3O3. The lowest BCUT2D eigenvalue weighted by atomic mass is 10.2. The largest absolute Gasteiger partial charge is 0.462 e. The predicted molar refractivity (Wildman–Crippen MR) is 82.1 cm³/mol. The van der Waals surface area contributed by atoms with Crippen molar-refractivity contribution in [1.29, 1.82) is 0 Å². The zero-order valence-corrected chi connectivity index (χ0v) is 13.0. The molecule has 2 heterocycles. The predicted octanol–water partition coefficient (Wildman–Crippen LogP) is 0.941. The van der Waals surface area contributed by atoms with Crippen LogP contribution in [-0.2, 0) is 16.1 Å². The fraction of sp³-hybridized carbons (Fsp3) is 0.600. The van der Waals surface area contributed by atoms with Crippen molar-refractivity contribution in [3.8, 4) is 0 Å². The van der Waals surface area contributed by atoms with Gasteiger partial charge < -0.3 is 20.1 Å². The summed E-state index contributed by atoms with van der Waals surface area (Å²) >= 11 is 0. The monoisotopic (exact) mass is 295 g/mol. The average Bonchev–Trinajstić information content (AvgIpc) is 2.48. The molecule has 0 aromatic carbocycles. The van der Waals surface area contributed by atoms with E-state index < -0.39 is 0 Å². The fourth-order valence-corrected chi connectivity index (χ4v) is 1.74. The van der Waals surface area contributed by atoms with Crippen molar-refractivity contribution in [2.24, 2.45) is 0 Å². The molecule has 0 spiro atoms. The molecule has 0 atom stereocenters. The van der Waals surface area contributed by atoms with Crippen molar-refractivity contribution >= 4 is 12.3 Å². The Kier molecular flexibility index (Phi) is 7.11. The van der Waals surface area contributed by atoms with E-state index in [9.17, 15) is 4.79 Å². The number of carbonyl (C=O) groups excluding carboxylic acids is 1. The molecule has 0 radical (unpaired) electrons. The number of hydrogen-bond acceptors (Lipinski definition) is 6. The maximum atomic E-state index is 9.60. The van der Waals surface area contributed by atoms with Gasteiger partial charge in [0.2, 0.25) is 0 Å². The van der Waals surface area contributed by atoms with Crippen LogP contribution in [0.15, 0.2) is 18.3 Å². The summed E-state index contributed by atoms with van der Waals surface area (Å²) in [5.41, 5.74) is 0.547. The van der Waals surface area contributed by atoms with Gasteiger partial charge in [-0.2, -0.15) is 0 Å². The van der Waals surface area contributed by atoms with Gasteiger partial charge in [-0.1, -0.05) is 6.07 Å². The van der Waals surface area contributed by atoms with Crippen LogP contribution < -0.4 is 10.2 Å². The Morgan fingerprint density at radius 3 is 2.43 bits per heavy atom. The summed E-state index contributed by atoms with van der Waals surface area (Å²) in [7, 11) is 0. The average molecular weight is 295 g/mol. The number of ether oxygens (including phenoxy) is 1. The highest BCUT2D eigenvalue weighted by atomic mass is 16.5. The first-order valence-corrected chi connectivity index (χ1v) is 7.09. The number of piperazine rings is 1. The van der Waals surface area contributed by atoms with E-state index in [4.69, 9.17) is 5.11 Å². The van der Waals surface area contributed by atoms with Crippen molar-refractivity contribution in [2.45, 2.75) is 33.0 Å². The molecular weight excluding hydrogens is 270 g/mol. The molecule has 0 unspecified atom stereocenters. The van der Waals surface area contributed by atoms with E-state index in [1.165, 1.54) is 0 Å². The van der Waals surface area contributed by atoms with Crippen LogP contribution in [0, 0.1) is 0 Å². The first kappa shape index (κ1) is 17.4. The number of aliphatic hydroxyl groups is 1. The number of aromatic nitrogens is 1. The molecule has 0 bridgehead atoms. The Balaban J connectivity index is 0.000000270. The summed E-state index contributed by atoms with van der Waals surface area (Å²) in [6, 6.07) is 3.89. The molecule has 6 nitrogen and oxygen atoms in total. The molecule has 1 aromatic heterocycles. The van der Waals surface area contributed by atoms with Crippen molar-refractivity contribution in [3.05, 3.63) is 23.9 Å². The third kappa shape index (κ3) is 7.06. The molecule has 0 saturated carbocycles. The summed E-state index contributed by atoms with van der Waals surface area (Å²) in [5.74, 6) is 1.00. The summed E-state index contributed by atoms with van der Waals surface area (Å²) in [6.07, 6.45) is 1.73. The first-order chi connectivity index (χ1) is 9.96. The lowest BCUT2D eigenvalue weighted by Gasteiger charge is -2.28. The van der Waals surface area contributed by atoms with Crippen LogP contribution in [0.1, 0.15) is 26.3 Å². The molecule has 1 aromatic rings. The van der Waals surface area contributed by atoms with Gasteiger partial charge in [0.25, 0.3) is 6.47 Å². The second-order valence-electron chi connectivity index (χ2n) is 5.75. The van der Waals surface area contributed by atoms with Gasteiger partial charge in [0.05, 0.1) is 6.61 Å². The van der Waals surface area contributed by atoms with Crippen molar-refractivity contribution in [3.63, 3.8) is 0 Å². The Hall–Kier alpha value is -1.66. The highest BCUT2D eigenvalue weighted by molar-refractivity contribution is 5.39. The van der Waals surface area contributed by atoms with E-state index in [2.05, 4.69) is 19.9 Å². The standard InChI is InChI=1S/C10H15N3O.C5H10O2/c14-8-9-1-2-10(12-7-9)13-5-3-11-4-6-13;1-5(2,3)7-4-6/h1-2,7,11,14H,3-6,8H2;4H,1-3H3. The van der Waals surface area contributed by atoms with E-state index in [1.54, 1.807) is 6.20 Å². The number of nitrogens with zero attached hydrogens (tertiary/aromatic N) is 2. The molecule has 1 aliphatic heterocycles. The summed E-state index contributed by atoms with van der Waals surface area (Å²) in [6.45, 7) is 10.0. The normalized spacial score (nSPS) is 15.0. The topological polar surface area (TPSA) is 74.7 Å². The SMILES string of the molecule is CC(C)(C)OC=O.OCc1ccc(N2CCNCC2)nc1. The Labute approximate surface area is 126 Å². The van der Waals surface area contributed by atoms with Crippen LogP contribution in [0.5, 0.6) is 0 Å². The zero-order chi connectivity index (χ0) is 15.7. The van der Waals surface area contributed by atoms with Gasteiger partial charge in [-0.3, -0.25) is 4.79 Å². The summed E-state index contributed by atoms with van der Waals surface area (Å²) in [4.78, 5) is 16.2. The summed E-state index contributed by atoms with van der Waals surface area (Å²) in [5, 5.41) is 12.2. The third-order valence-corrected chi connectivity index (χ3v) is 2.83. The van der Waals surface area contributed by atoms with Gasteiger partial charge in [-0.15, -0.1) is 0 Å². The van der Waals surface area contributed by atoms with Crippen LogP contribution in [0.3, 0.4) is 0 Å². The number of carbonyl (C=O) groups is 1. The van der Waals surface area contributed by atoms with Gasteiger partial charge in [0, 0.05) is 32.4 Å². The van der Waals surface area contributed by atoms with Gasteiger partial charge in [0.15, 0.2) is 0 Å². The minimum atomic E-state index is -0.318. The minimum absolute atomic E-state index is 0.0643.